The van der Waals surface area contributed by atoms with Crippen LogP contribution in [0.25, 0.3) is 0 Å². The Hall–Kier alpha value is -1.70. The van der Waals surface area contributed by atoms with Gasteiger partial charge in [0.15, 0.2) is 0 Å². The number of aliphatic hydroxyl groups excluding tert-OH is 1. The Kier molecular flexibility index (Phi) is 4.72. The average Bonchev–Trinajstić information content (AvgIpc) is 2.93. The summed E-state index contributed by atoms with van der Waals surface area (Å²) in [6.45, 7) is 7.59. The predicted octanol–water partition coefficient (Wildman–Crippen LogP) is 3.40. The molecule has 0 heterocycles. The van der Waals surface area contributed by atoms with Gasteiger partial charge in [-0.25, -0.2) is 0 Å². The number of carbonyl (C=O) groups is 1. The fraction of sp³-hybridized carbons (Fsp3) is 0.591. The van der Waals surface area contributed by atoms with Crippen molar-refractivity contribution >= 4 is 21.9 Å². The number of hydrogen-bond acceptors (Lipinski definition) is 4. The van der Waals surface area contributed by atoms with Crippen LogP contribution in [0.5, 0.6) is 0 Å². The average molecular weight is 420 g/mol. The first kappa shape index (κ1) is 20.6. The van der Waals surface area contributed by atoms with Crippen LogP contribution in [0.15, 0.2) is 30.9 Å². The molecule has 2 N–H and O–H groups in total. The van der Waals surface area contributed by atoms with E-state index in [4.69, 9.17) is 0 Å². The minimum atomic E-state index is -4.68. The molecule has 0 radical (unpaired) electrons. The van der Waals surface area contributed by atoms with Crippen LogP contribution in [0, 0.1) is 17.3 Å². The zero-order valence-corrected chi connectivity index (χ0v) is 17.8. The molecule has 6 nitrogen and oxygen atoms in total. The first-order valence-corrected chi connectivity index (χ1v) is 11.6. The quantitative estimate of drug-likeness (QED) is 0.578. The standard InChI is InChI=1S/C22H29NO5S/c1-4-22-10-9-21(3)13-17(25)12-20(21)19(22)7-5-15-11-16(6-8-18(15)22)23(14(2)24)29(26,27)28/h4,6,8,11,17,19-20,25H,1,5,7,9-10,12-13H2,2-3H3,(H,26,27,28)/t17-,19?,20?,21-,22-/m1/s1. The van der Waals surface area contributed by atoms with Crippen molar-refractivity contribution in [2.75, 3.05) is 4.31 Å². The van der Waals surface area contributed by atoms with Gasteiger partial charge in [0.2, 0.25) is 5.91 Å². The molecule has 4 rings (SSSR count). The molecule has 0 bridgehead atoms. The largest absolute Gasteiger partial charge is 0.393 e. The Morgan fingerprint density at radius 3 is 2.66 bits per heavy atom. The number of carbonyl (C=O) groups excluding carboxylic acids is 1. The number of allylic oxidation sites excluding steroid dienone is 1. The number of aryl methyl sites for hydroxylation is 1. The van der Waals surface area contributed by atoms with E-state index in [-0.39, 0.29) is 22.6 Å². The van der Waals surface area contributed by atoms with Gasteiger partial charge in [-0.05, 0) is 79.0 Å². The number of rotatable bonds is 3. The van der Waals surface area contributed by atoms with Gasteiger partial charge in [-0.1, -0.05) is 19.1 Å². The molecule has 0 aromatic heterocycles. The molecular formula is C22H29NO5S. The molecule has 2 unspecified atom stereocenters. The fourth-order valence-corrected chi connectivity index (χ4v) is 7.34. The number of aliphatic hydroxyl groups is 1. The Morgan fingerprint density at radius 1 is 1.31 bits per heavy atom. The van der Waals surface area contributed by atoms with Crippen LogP contribution in [0.2, 0.25) is 0 Å². The first-order valence-electron chi connectivity index (χ1n) is 10.3. The third-order valence-corrected chi connectivity index (χ3v) is 8.74. The zero-order chi connectivity index (χ0) is 21.2. The second-order valence-corrected chi connectivity index (χ2v) is 10.6. The van der Waals surface area contributed by atoms with Gasteiger partial charge in [0.05, 0.1) is 11.8 Å². The highest BCUT2D eigenvalue weighted by molar-refractivity contribution is 7.88. The first-order chi connectivity index (χ1) is 13.5. The molecule has 2 fully saturated rings. The van der Waals surface area contributed by atoms with Crippen LogP contribution < -0.4 is 4.31 Å². The number of benzene rings is 1. The van der Waals surface area contributed by atoms with E-state index in [2.05, 4.69) is 13.5 Å². The van der Waals surface area contributed by atoms with Crippen LogP contribution >= 0.6 is 0 Å². The normalized spacial score (nSPS) is 35.9. The van der Waals surface area contributed by atoms with E-state index in [1.165, 1.54) is 0 Å². The molecular weight excluding hydrogens is 390 g/mol. The van der Waals surface area contributed by atoms with E-state index < -0.39 is 16.2 Å². The van der Waals surface area contributed by atoms with Crippen molar-refractivity contribution in [1.29, 1.82) is 0 Å². The number of hydrogen-bond donors (Lipinski definition) is 2. The van der Waals surface area contributed by atoms with Crippen LogP contribution in [-0.4, -0.2) is 30.1 Å². The Labute approximate surface area is 172 Å². The molecule has 1 amide bonds. The van der Waals surface area contributed by atoms with Crippen LogP contribution in [0.3, 0.4) is 0 Å². The van der Waals surface area contributed by atoms with E-state index >= 15 is 0 Å². The van der Waals surface area contributed by atoms with Gasteiger partial charge in [-0.3, -0.25) is 9.35 Å². The Balaban J connectivity index is 1.78. The molecule has 0 saturated heterocycles. The monoisotopic (exact) mass is 419 g/mol. The molecule has 5 atom stereocenters. The van der Waals surface area contributed by atoms with E-state index in [0.717, 1.165) is 56.6 Å². The smallest absolute Gasteiger partial charge is 0.366 e. The molecule has 1 aromatic carbocycles. The number of fused-ring (bicyclic) bond motifs is 5. The van der Waals surface area contributed by atoms with Gasteiger partial charge >= 0.3 is 10.3 Å². The molecule has 158 valence electrons. The van der Waals surface area contributed by atoms with Gasteiger partial charge < -0.3 is 5.11 Å². The van der Waals surface area contributed by atoms with Gasteiger partial charge in [0.1, 0.15) is 0 Å². The summed E-state index contributed by atoms with van der Waals surface area (Å²) in [6.07, 6.45) is 7.15. The zero-order valence-electron chi connectivity index (χ0n) is 17.0. The van der Waals surface area contributed by atoms with Crippen molar-refractivity contribution in [1.82, 2.24) is 0 Å². The van der Waals surface area contributed by atoms with Crippen LogP contribution in [-0.2, 0) is 26.9 Å². The molecule has 2 saturated carbocycles. The number of amides is 1. The summed E-state index contributed by atoms with van der Waals surface area (Å²) in [5.41, 5.74) is 2.24. The maximum Gasteiger partial charge on any atom is 0.366 e. The van der Waals surface area contributed by atoms with Crippen molar-refractivity contribution in [2.45, 2.75) is 63.9 Å². The van der Waals surface area contributed by atoms with Crippen molar-refractivity contribution in [3.8, 4) is 0 Å². The highest BCUT2D eigenvalue weighted by atomic mass is 32.2. The lowest BCUT2D eigenvalue weighted by molar-refractivity contribution is -0.115. The topological polar surface area (TPSA) is 94.9 Å². The molecule has 3 aliphatic rings. The van der Waals surface area contributed by atoms with Crippen LogP contribution in [0.1, 0.15) is 57.1 Å². The summed E-state index contributed by atoms with van der Waals surface area (Å²) < 4.78 is 33.3. The lowest BCUT2D eigenvalue weighted by atomic mass is 9.49. The number of anilines is 1. The molecule has 3 aliphatic carbocycles. The second-order valence-electron chi connectivity index (χ2n) is 9.35. The fourth-order valence-electron chi connectivity index (χ4n) is 6.64. The Morgan fingerprint density at radius 2 is 2.03 bits per heavy atom. The highest BCUT2D eigenvalue weighted by Gasteiger charge is 2.57. The SMILES string of the molecule is C=C[C@]12CC[C@]3(C)C[C@H](O)CC3C1CCc1cc(N(C(C)=O)S(=O)(=O)O)ccc12. The van der Waals surface area contributed by atoms with Gasteiger partial charge in [-0.15, -0.1) is 6.58 Å². The maximum atomic E-state index is 11.8. The molecule has 29 heavy (non-hydrogen) atoms. The van der Waals surface area contributed by atoms with E-state index in [0.29, 0.717) is 16.1 Å². The third kappa shape index (κ3) is 3.05. The number of nitrogens with zero attached hydrogens (tertiary/aromatic N) is 1. The van der Waals surface area contributed by atoms with E-state index in [9.17, 15) is 22.9 Å². The molecule has 1 aromatic rings. The lowest BCUT2D eigenvalue weighted by Gasteiger charge is -2.55. The van der Waals surface area contributed by atoms with Gasteiger partial charge in [0, 0.05) is 12.3 Å². The van der Waals surface area contributed by atoms with Crippen molar-refractivity contribution in [3.05, 3.63) is 42.0 Å². The molecule has 0 spiro atoms. The van der Waals surface area contributed by atoms with Crippen molar-refractivity contribution in [3.63, 3.8) is 0 Å². The summed E-state index contributed by atoms with van der Waals surface area (Å²) in [4.78, 5) is 11.8. The second kappa shape index (κ2) is 6.65. The molecule has 0 aliphatic heterocycles. The van der Waals surface area contributed by atoms with Crippen molar-refractivity contribution in [2.24, 2.45) is 17.3 Å². The minimum Gasteiger partial charge on any atom is -0.393 e. The summed E-state index contributed by atoms with van der Waals surface area (Å²) in [6, 6.07) is 5.20. The Bertz CT molecular complexity index is 973. The summed E-state index contributed by atoms with van der Waals surface area (Å²) in [5.74, 6) is 0.0660. The summed E-state index contributed by atoms with van der Waals surface area (Å²) in [7, 11) is -4.68. The molecule has 7 heteroatoms. The predicted molar refractivity (Wildman–Crippen MR) is 111 cm³/mol. The van der Waals surface area contributed by atoms with Crippen molar-refractivity contribution < 1.29 is 22.9 Å². The lowest BCUT2D eigenvalue weighted by Crippen LogP contribution is -2.49. The van der Waals surface area contributed by atoms with Gasteiger partial charge in [0.25, 0.3) is 0 Å². The van der Waals surface area contributed by atoms with Gasteiger partial charge in [-0.2, -0.15) is 12.7 Å². The third-order valence-electron chi connectivity index (χ3n) is 7.81. The minimum absolute atomic E-state index is 0.157. The summed E-state index contributed by atoms with van der Waals surface area (Å²) >= 11 is 0. The van der Waals surface area contributed by atoms with E-state index in [1.807, 2.05) is 12.1 Å². The van der Waals surface area contributed by atoms with Crippen LogP contribution in [0.4, 0.5) is 5.69 Å². The highest BCUT2D eigenvalue weighted by Crippen LogP contribution is 2.63. The summed E-state index contributed by atoms with van der Waals surface area (Å²) in [5, 5.41) is 10.3. The maximum absolute atomic E-state index is 11.8. The van der Waals surface area contributed by atoms with E-state index in [1.54, 1.807) is 12.1 Å².